The molecule has 70 valence electrons. The molecule has 1 aromatic rings. The maximum atomic E-state index is 6.05. The van der Waals surface area contributed by atoms with Crippen molar-refractivity contribution in [3.05, 3.63) is 30.3 Å². The number of alkyl halides is 2. The lowest BCUT2D eigenvalue weighted by atomic mass is 10.4. The zero-order valence-electron chi connectivity index (χ0n) is 7.21. The largest absolute Gasteiger partial charge is 0.134 e. The molecule has 1 aromatic carbocycles. The molecule has 1 aliphatic rings. The van der Waals surface area contributed by atoms with Crippen LogP contribution in [0.5, 0.6) is 0 Å². The van der Waals surface area contributed by atoms with Gasteiger partial charge in [-0.3, -0.25) is 0 Å². The van der Waals surface area contributed by atoms with Crippen molar-refractivity contribution in [2.24, 2.45) is 5.92 Å². The molecule has 0 aromatic heterocycles. The third-order valence-corrected chi connectivity index (χ3v) is 5.33. The predicted molar refractivity (Wildman–Crippen MR) is 59.7 cm³/mol. The van der Waals surface area contributed by atoms with Gasteiger partial charge in [0.1, 0.15) is 4.33 Å². The van der Waals surface area contributed by atoms with Gasteiger partial charge in [-0.05, 0) is 12.1 Å². The van der Waals surface area contributed by atoms with E-state index in [0.29, 0.717) is 11.2 Å². The fourth-order valence-corrected chi connectivity index (χ4v) is 3.51. The van der Waals surface area contributed by atoms with Crippen molar-refractivity contribution in [2.45, 2.75) is 21.4 Å². The van der Waals surface area contributed by atoms with Crippen molar-refractivity contribution in [1.29, 1.82) is 0 Å². The summed E-state index contributed by atoms with van der Waals surface area (Å²) in [5, 5.41) is 0.346. The molecule has 1 saturated carbocycles. The molecule has 0 aliphatic heterocycles. The van der Waals surface area contributed by atoms with Crippen molar-refractivity contribution in [3.63, 3.8) is 0 Å². The van der Waals surface area contributed by atoms with Gasteiger partial charge in [0.2, 0.25) is 0 Å². The fraction of sp³-hybridized carbons (Fsp3) is 0.400. The number of thioether (sulfide) groups is 1. The number of hydrogen-bond donors (Lipinski definition) is 0. The molecule has 0 heterocycles. The van der Waals surface area contributed by atoms with Crippen molar-refractivity contribution in [3.8, 4) is 0 Å². The van der Waals surface area contributed by atoms with Crippen LogP contribution in [0.25, 0.3) is 0 Å². The first kappa shape index (κ1) is 9.70. The predicted octanol–water partition coefficient (Wildman–Crippen LogP) is 3.97. The molecular weight excluding hydrogens is 223 g/mol. The second-order valence-corrected chi connectivity index (χ2v) is 5.97. The van der Waals surface area contributed by atoms with Crippen LogP contribution >= 0.6 is 35.0 Å². The minimum absolute atomic E-state index is 0.346. The van der Waals surface area contributed by atoms with E-state index in [1.54, 1.807) is 11.8 Å². The molecule has 0 spiro atoms. The van der Waals surface area contributed by atoms with Crippen LogP contribution in [0.3, 0.4) is 0 Å². The second kappa shape index (κ2) is 3.38. The Morgan fingerprint density at radius 3 is 2.23 bits per heavy atom. The first-order valence-corrected chi connectivity index (χ1v) is 5.85. The average molecular weight is 233 g/mol. The highest BCUT2D eigenvalue weighted by molar-refractivity contribution is 8.00. The topological polar surface area (TPSA) is 0 Å². The van der Waals surface area contributed by atoms with Crippen LogP contribution in [-0.4, -0.2) is 9.58 Å². The second-order valence-electron chi connectivity index (χ2n) is 3.31. The Morgan fingerprint density at radius 1 is 1.23 bits per heavy atom. The summed E-state index contributed by atoms with van der Waals surface area (Å²) in [6, 6.07) is 10.2. The minimum atomic E-state index is -0.513. The smallest absolute Gasteiger partial charge is 0.119 e. The monoisotopic (exact) mass is 232 g/mol. The summed E-state index contributed by atoms with van der Waals surface area (Å²) < 4.78 is -0.513. The molecule has 13 heavy (non-hydrogen) atoms. The zero-order valence-corrected chi connectivity index (χ0v) is 9.53. The molecule has 0 saturated heterocycles. The third kappa shape index (κ3) is 1.83. The summed E-state index contributed by atoms with van der Waals surface area (Å²) in [6.45, 7) is 2.08. The van der Waals surface area contributed by atoms with Crippen LogP contribution in [0, 0.1) is 5.92 Å². The number of halogens is 2. The lowest BCUT2D eigenvalue weighted by Crippen LogP contribution is -1.90. The average Bonchev–Trinajstić information content (AvgIpc) is 2.57. The van der Waals surface area contributed by atoms with E-state index < -0.39 is 4.33 Å². The summed E-state index contributed by atoms with van der Waals surface area (Å²) >= 11 is 13.9. The summed E-state index contributed by atoms with van der Waals surface area (Å²) in [6.07, 6.45) is 0. The lowest BCUT2D eigenvalue weighted by molar-refractivity contribution is 0.965. The Hall–Kier alpha value is 0.150. The van der Waals surface area contributed by atoms with Gasteiger partial charge in [-0.15, -0.1) is 35.0 Å². The molecule has 3 heteroatoms. The van der Waals surface area contributed by atoms with Crippen molar-refractivity contribution < 1.29 is 0 Å². The van der Waals surface area contributed by atoms with Crippen LogP contribution in [-0.2, 0) is 0 Å². The normalized spacial score (nSPS) is 30.1. The van der Waals surface area contributed by atoms with Gasteiger partial charge in [0, 0.05) is 16.1 Å². The first-order valence-electron chi connectivity index (χ1n) is 4.22. The van der Waals surface area contributed by atoms with Gasteiger partial charge in [0.15, 0.2) is 0 Å². The molecule has 1 fully saturated rings. The van der Waals surface area contributed by atoms with Gasteiger partial charge in [-0.1, -0.05) is 25.1 Å². The van der Waals surface area contributed by atoms with E-state index >= 15 is 0 Å². The highest BCUT2D eigenvalue weighted by Crippen LogP contribution is 2.60. The maximum Gasteiger partial charge on any atom is 0.134 e. The Bertz CT molecular complexity index is 297. The Morgan fingerprint density at radius 2 is 1.77 bits per heavy atom. The molecule has 0 unspecified atom stereocenters. The number of rotatable bonds is 2. The van der Waals surface area contributed by atoms with E-state index in [-0.39, 0.29) is 0 Å². The molecule has 1 aliphatic carbocycles. The van der Waals surface area contributed by atoms with E-state index in [2.05, 4.69) is 19.1 Å². The standard InChI is InChI=1S/C10H10Cl2S/c1-7-9(10(7,11)12)13-8-5-3-2-4-6-8/h2-7,9H,1H3/t7-,9+/m1/s1. The summed E-state index contributed by atoms with van der Waals surface area (Å²) in [4.78, 5) is 1.24. The van der Waals surface area contributed by atoms with E-state index in [0.717, 1.165) is 0 Å². The molecular formula is C10H10Cl2S. The van der Waals surface area contributed by atoms with Crippen LogP contribution in [0.15, 0.2) is 35.2 Å². The molecule has 2 rings (SSSR count). The summed E-state index contributed by atoms with van der Waals surface area (Å²) in [5.74, 6) is 0.390. The van der Waals surface area contributed by atoms with Crippen molar-refractivity contribution in [2.75, 3.05) is 0 Å². The zero-order chi connectivity index (χ0) is 9.47. The summed E-state index contributed by atoms with van der Waals surface area (Å²) in [7, 11) is 0. The third-order valence-electron chi connectivity index (χ3n) is 2.34. The molecule has 2 atom stereocenters. The van der Waals surface area contributed by atoms with Gasteiger partial charge in [0.25, 0.3) is 0 Å². The molecule has 0 bridgehead atoms. The van der Waals surface area contributed by atoms with E-state index in [1.807, 2.05) is 18.2 Å². The molecule has 0 nitrogen and oxygen atoms in total. The van der Waals surface area contributed by atoms with E-state index in [9.17, 15) is 0 Å². The summed E-state index contributed by atoms with van der Waals surface area (Å²) in [5.41, 5.74) is 0. The van der Waals surface area contributed by atoms with E-state index in [1.165, 1.54) is 4.90 Å². The van der Waals surface area contributed by atoms with E-state index in [4.69, 9.17) is 23.2 Å². The Labute approximate surface area is 92.6 Å². The SMILES string of the molecule is C[C@@H]1[C@H](Sc2ccccc2)C1(Cl)Cl. The minimum Gasteiger partial charge on any atom is -0.119 e. The van der Waals surface area contributed by atoms with Crippen LogP contribution in [0.4, 0.5) is 0 Å². The fourth-order valence-electron chi connectivity index (χ4n) is 1.27. The highest BCUT2D eigenvalue weighted by Gasteiger charge is 2.60. The van der Waals surface area contributed by atoms with Gasteiger partial charge in [0.05, 0.1) is 0 Å². The molecule has 0 radical (unpaired) electrons. The van der Waals surface area contributed by atoms with Gasteiger partial charge in [-0.25, -0.2) is 0 Å². The molecule has 0 amide bonds. The van der Waals surface area contributed by atoms with Gasteiger partial charge in [-0.2, -0.15) is 0 Å². The van der Waals surface area contributed by atoms with Crippen molar-refractivity contribution in [1.82, 2.24) is 0 Å². The quantitative estimate of drug-likeness (QED) is 0.696. The van der Waals surface area contributed by atoms with Gasteiger partial charge >= 0.3 is 0 Å². The van der Waals surface area contributed by atoms with Gasteiger partial charge < -0.3 is 0 Å². The van der Waals surface area contributed by atoms with Crippen molar-refractivity contribution >= 4 is 35.0 Å². The number of benzene rings is 1. The lowest BCUT2D eigenvalue weighted by Gasteiger charge is -1.99. The maximum absolute atomic E-state index is 6.05. The number of hydrogen-bond acceptors (Lipinski definition) is 1. The first-order chi connectivity index (χ1) is 6.12. The van der Waals surface area contributed by atoms with Crippen LogP contribution in [0.1, 0.15) is 6.92 Å². The Kier molecular flexibility index (Phi) is 2.52. The molecule has 0 N–H and O–H groups in total. The van der Waals surface area contributed by atoms with Crippen LogP contribution in [0.2, 0.25) is 0 Å². The van der Waals surface area contributed by atoms with Crippen LogP contribution < -0.4 is 0 Å². The Balaban J connectivity index is 2.02. The highest BCUT2D eigenvalue weighted by atomic mass is 35.5.